The van der Waals surface area contributed by atoms with E-state index in [4.69, 9.17) is 0 Å². The Morgan fingerprint density at radius 3 is 2.71 bits per heavy atom. The Bertz CT molecular complexity index is 197. The highest BCUT2D eigenvalue weighted by molar-refractivity contribution is 4.79. The highest BCUT2D eigenvalue weighted by Gasteiger charge is 2.24. The van der Waals surface area contributed by atoms with E-state index in [9.17, 15) is 5.11 Å². The second kappa shape index (κ2) is 8.06. The molecule has 1 heterocycles. The zero-order chi connectivity index (χ0) is 12.7. The largest absolute Gasteiger partial charge is 0.395 e. The number of hydrogen-bond donors (Lipinski definition) is 2. The molecule has 1 aliphatic heterocycles. The van der Waals surface area contributed by atoms with E-state index < -0.39 is 0 Å². The zero-order valence-corrected chi connectivity index (χ0v) is 11.8. The van der Waals surface area contributed by atoms with E-state index in [1.807, 2.05) is 0 Å². The van der Waals surface area contributed by atoms with Gasteiger partial charge in [0.2, 0.25) is 0 Å². The van der Waals surface area contributed by atoms with Crippen LogP contribution in [-0.4, -0.2) is 48.8 Å². The molecule has 0 aliphatic carbocycles. The summed E-state index contributed by atoms with van der Waals surface area (Å²) in [6.45, 7) is 11.7. The molecule has 0 bridgehead atoms. The summed E-state index contributed by atoms with van der Waals surface area (Å²) in [5.74, 6) is 1.69. The number of nitrogens with zero attached hydrogens (tertiary/aromatic N) is 1. The summed E-state index contributed by atoms with van der Waals surface area (Å²) >= 11 is 0. The molecule has 2 unspecified atom stereocenters. The third-order valence-electron chi connectivity index (χ3n) is 3.95. The minimum atomic E-state index is 0.265. The number of likely N-dealkylation sites (tertiary alicyclic amines) is 1. The minimum Gasteiger partial charge on any atom is -0.395 e. The first-order valence-corrected chi connectivity index (χ1v) is 7.24. The van der Waals surface area contributed by atoms with Crippen LogP contribution in [0.3, 0.4) is 0 Å². The maximum Gasteiger partial charge on any atom is 0.0585 e. The number of aliphatic hydroxyl groups excluding tert-OH is 1. The number of aliphatic hydroxyl groups is 1. The van der Waals surface area contributed by atoms with Crippen molar-refractivity contribution in [3.05, 3.63) is 0 Å². The fourth-order valence-corrected chi connectivity index (χ4v) is 2.55. The van der Waals surface area contributed by atoms with Crippen LogP contribution in [0.4, 0.5) is 0 Å². The van der Waals surface area contributed by atoms with Crippen molar-refractivity contribution in [2.24, 2.45) is 11.8 Å². The van der Waals surface area contributed by atoms with Crippen LogP contribution in [0.15, 0.2) is 0 Å². The Morgan fingerprint density at radius 2 is 2.18 bits per heavy atom. The van der Waals surface area contributed by atoms with Crippen LogP contribution in [0.5, 0.6) is 0 Å². The molecule has 0 spiro atoms. The van der Waals surface area contributed by atoms with Gasteiger partial charge in [0, 0.05) is 12.6 Å². The molecule has 3 nitrogen and oxygen atoms in total. The van der Waals surface area contributed by atoms with Gasteiger partial charge in [-0.15, -0.1) is 0 Å². The fraction of sp³-hybridized carbons (Fsp3) is 1.00. The third kappa shape index (κ3) is 5.36. The lowest BCUT2D eigenvalue weighted by Crippen LogP contribution is -2.36. The molecule has 0 aromatic carbocycles. The molecule has 17 heavy (non-hydrogen) atoms. The monoisotopic (exact) mass is 242 g/mol. The first kappa shape index (κ1) is 14.9. The summed E-state index contributed by atoms with van der Waals surface area (Å²) in [7, 11) is 0. The van der Waals surface area contributed by atoms with Gasteiger partial charge in [0.25, 0.3) is 0 Å². The number of hydrogen-bond acceptors (Lipinski definition) is 3. The Kier molecular flexibility index (Phi) is 7.09. The molecule has 0 saturated carbocycles. The Labute approximate surface area is 107 Å². The molecule has 2 N–H and O–H groups in total. The van der Waals surface area contributed by atoms with E-state index in [-0.39, 0.29) is 12.6 Å². The smallest absolute Gasteiger partial charge is 0.0585 e. The second-order valence-electron chi connectivity index (χ2n) is 5.72. The topological polar surface area (TPSA) is 35.5 Å². The van der Waals surface area contributed by atoms with Crippen molar-refractivity contribution < 1.29 is 5.11 Å². The molecule has 1 aliphatic rings. The standard InChI is InChI=1S/C14H30N2O/c1-4-7-15-14(11-17)6-9-16-8-5-13(10-16)12(2)3/h12-15,17H,4-11H2,1-3H3. The van der Waals surface area contributed by atoms with Gasteiger partial charge >= 0.3 is 0 Å². The first-order valence-electron chi connectivity index (χ1n) is 7.24. The van der Waals surface area contributed by atoms with Crippen LogP contribution in [0.25, 0.3) is 0 Å². The molecular formula is C14H30N2O. The van der Waals surface area contributed by atoms with Gasteiger partial charge in [-0.3, -0.25) is 0 Å². The average Bonchev–Trinajstić information content (AvgIpc) is 2.78. The summed E-state index contributed by atoms with van der Waals surface area (Å²) in [5.41, 5.74) is 0. The lowest BCUT2D eigenvalue weighted by molar-refractivity contribution is 0.214. The molecule has 2 atom stereocenters. The normalized spacial score (nSPS) is 23.5. The van der Waals surface area contributed by atoms with Gasteiger partial charge in [0.05, 0.1) is 6.61 Å². The highest BCUT2D eigenvalue weighted by atomic mass is 16.3. The van der Waals surface area contributed by atoms with Gasteiger partial charge in [-0.05, 0) is 50.7 Å². The van der Waals surface area contributed by atoms with Crippen LogP contribution in [0, 0.1) is 11.8 Å². The molecule has 0 amide bonds. The summed E-state index contributed by atoms with van der Waals surface area (Å²) in [6, 6.07) is 0.285. The quantitative estimate of drug-likeness (QED) is 0.680. The SMILES string of the molecule is CCCNC(CO)CCN1CCC(C(C)C)C1. The second-order valence-corrected chi connectivity index (χ2v) is 5.72. The van der Waals surface area contributed by atoms with Crippen molar-refractivity contribution in [3.8, 4) is 0 Å². The number of rotatable bonds is 8. The lowest BCUT2D eigenvalue weighted by atomic mass is 9.95. The van der Waals surface area contributed by atoms with Crippen molar-refractivity contribution >= 4 is 0 Å². The van der Waals surface area contributed by atoms with Crippen LogP contribution >= 0.6 is 0 Å². The van der Waals surface area contributed by atoms with E-state index in [0.717, 1.165) is 37.8 Å². The van der Waals surface area contributed by atoms with Crippen molar-refractivity contribution in [1.29, 1.82) is 0 Å². The van der Waals surface area contributed by atoms with Crippen molar-refractivity contribution in [2.45, 2.75) is 46.1 Å². The fourth-order valence-electron chi connectivity index (χ4n) is 2.55. The van der Waals surface area contributed by atoms with Crippen LogP contribution in [0.1, 0.15) is 40.0 Å². The molecular weight excluding hydrogens is 212 g/mol. The van der Waals surface area contributed by atoms with Gasteiger partial charge in [0.15, 0.2) is 0 Å². The molecule has 1 rings (SSSR count). The average molecular weight is 242 g/mol. The maximum absolute atomic E-state index is 9.29. The van der Waals surface area contributed by atoms with Gasteiger partial charge < -0.3 is 15.3 Å². The van der Waals surface area contributed by atoms with E-state index in [0.29, 0.717) is 0 Å². The number of nitrogens with one attached hydrogen (secondary N) is 1. The molecule has 1 fully saturated rings. The first-order chi connectivity index (χ1) is 8.17. The van der Waals surface area contributed by atoms with Gasteiger partial charge in [-0.2, -0.15) is 0 Å². The highest BCUT2D eigenvalue weighted by Crippen LogP contribution is 2.23. The molecule has 1 saturated heterocycles. The Balaban J connectivity index is 2.17. The molecule has 0 aromatic heterocycles. The van der Waals surface area contributed by atoms with Crippen LogP contribution in [0.2, 0.25) is 0 Å². The maximum atomic E-state index is 9.29. The molecule has 3 heteroatoms. The summed E-state index contributed by atoms with van der Waals surface area (Å²) in [4.78, 5) is 2.56. The molecule has 0 aromatic rings. The van der Waals surface area contributed by atoms with E-state index >= 15 is 0 Å². The van der Waals surface area contributed by atoms with Gasteiger partial charge in [0.1, 0.15) is 0 Å². The van der Waals surface area contributed by atoms with E-state index in [1.165, 1.54) is 19.5 Å². The predicted molar refractivity (Wildman–Crippen MR) is 73.2 cm³/mol. The molecule has 0 radical (unpaired) electrons. The van der Waals surface area contributed by atoms with E-state index in [1.54, 1.807) is 0 Å². The van der Waals surface area contributed by atoms with Gasteiger partial charge in [-0.1, -0.05) is 20.8 Å². The zero-order valence-electron chi connectivity index (χ0n) is 11.8. The predicted octanol–water partition coefficient (Wildman–Crippen LogP) is 1.71. The van der Waals surface area contributed by atoms with Crippen LogP contribution < -0.4 is 5.32 Å². The summed E-state index contributed by atoms with van der Waals surface area (Å²) in [6.07, 6.45) is 3.56. The molecule has 102 valence electrons. The van der Waals surface area contributed by atoms with Crippen molar-refractivity contribution in [2.75, 3.05) is 32.8 Å². The Hall–Kier alpha value is -0.120. The lowest BCUT2D eigenvalue weighted by Gasteiger charge is -2.21. The summed E-state index contributed by atoms with van der Waals surface area (Å²) in [5, 5.41) is 12.7. The van der Waals surface area contributed by atoms with E-state index in [2.05, 4.69) is 31.0 Å². The van der Waals surface area contributed by atoms with Crippen molar-refractivity contribution in [3.63, 3.8) is 0 Å². The van der Waals surface area contributed by atoms with Crippen molar-refractivity contribution in [1.82, 2.24) is 10.2 Å². The van der Waals surface area contributed by atoms with Gasteiger partial charge in [-0.25, -0.2) is 0 Å². The minimum absolute atomic E-state index is 0.265. The third-order valence-corrected chi connectivity index (χ3v) is 3.95. The summed E-state index contributed by atoms with van der Waals surface area (Å²) < 4.78 is 0. The van der Waals surface area contributed by atoms with Crippen LogP contribution in [-0.2, 0) is 0 Å². The Morgan fingerprint density at radius 1 is 1.41 bits per heavy atom.